The van der Waals surface area contributed by atoms with Crippen LogP contribution >= 0.6 is 0 Å². The Bertz CT molecular complexity index is 818. The molecule has 0 spiro atoms. The number of rotatable bonds is 12. The lowest BCUT2D eigenvalue weighted by atomic mass is 10.2. The maximum absolute atomic E-state index is 13.3. The van der Waals surface area contributed by atoms with Crippen LogP contribution < -0.4 is 0 Å². The number of hydrogen-bond acceptors (Lipinski definition) is 5. The molecule has 1 saturated heterocycles. The first kappa shape index (κ1) is 24.0. The van der Waals surface area contributed by atoms with Crippen LogP contribution in [-0.2, 0) is 32.2 Å². The smallest absolute Gasteiger partial charge is 0.249 e. The highest BCUT2D eigenvalue weighted by Crippen LogP contribution is 2.16. The molecule has 0 N–H and O–H groups in total. The Morgan fingerprint density at radius 2 is 1.97 bits per heavy atom. The van der Waals surface area contributed by atoms with E-state index in [1.807, 2.05) is 56.3 Å². The summed E-state index contributed by atoms with van der Waals surface area (Å²) in [7, 11) is 0. The molecule has 2 heterocycles. The number of ether oxygens (including phenoxy) is 2. The fraction of sp³-hybridized carbons (Fsp3) is 0.520. The molecule has 1 aliphatic heterocycles. The average molecular weight is 443 g/mol. The second-order valence-electron chi connectivity index (χ2n) is 8.25. The van der Waals surface area contributed by atoms with E-state index in [1.165, 1.54) is 0 Å². The summed E-state index contributed by atoms with van der Waals surface area (Å²) < 4.78 is 16.8. The van der Waals surface area contributed by atoms with Gasteiger partial charge in [-0.15, -0.1) is 0 Å². The SMILES string of the molecule is CC[C@@H](C)N(CC(=O)N(Cc1ccco1)C[C@H]1CCCO1)C(=O)COCc1ccccc1. The Morgan fingerprint density at radius 1 is 1.16 bits per heavy atom. The second kappa shape index (κ2) is 12.4. The lowest BCUT2D eigenvalue weighted by Gasteiger charge is -2.31. The van der Waals surface area contributed by atoms with Crippen LogP contribution in [0.15, 0.2) is 53.1 Å². The van der Waals surface area contributed by atoms with Crippen molar-refractivity contribution >= 4 is 11.8 Å². The molecule has 0 bridgehead atoms. The molecule has 2 aromatic rings. The van der Waals surface area contributed by atoms with E-state index in [-0.39, 0.29) is 37.1 Å². The first-order valence-corrected chi connectivity index (χ1v) is 11.4. The van der Waals surface area contributed by atoms with Crippen LogP contribution in [-0.4, -0.2) is 60.1 Å². The number of nitrogens with zero attached hydrogens (tertiary/aromatic N) is 2. The van der Waals surface area contributed by atoms with E-state index >= 15 is 0 Å². The summed E-state index contributed by atoms with van der Waals surface area (Å²) in [6.07, 6.45) is 4.31. The zero-order chi connectivity index (χ0) is 22.8. The van der Waals surface area contributed by atoms with Crippen molar-refractivity contribution in [2.24, 2.45) is 0 Å². The molecule has 0 saturated carbocycles. The van der Waals surface area contributed by atoms with Gasteiger partial charge in [-0.3, -0.25) is 9.59 Å². The molecule has 3 rings (SSSR count). The lowest BCUT2D eigenvalue weighted by Crippen LogP contribution is -2.48. The first-order chi connectivity index (χ1) is 15.6. The van der Waals surface area contributed by atoms with Gasteiger partial charge in [-0.2, -0.15) is 0 Å². The molecule has 7 heteroatoms. The molecule has 1 aromatic carbocycles. The fourth-order valence-corrected chi connectivity index (χ4v) is 3.75. The molecule has 2 atom stereocenters. The average Bonchev–Trinajstić information content (AvgIpc) is 3.51. The lowest BCUT2D eigenvalue weighted by molar-refractivity contribution is -0.146. The fourth-order valence-electron chi connectivity index (χ4n) is 3.75. The normalized spacial score (nSPS) is 16.6. The van der Waals surface area contributed by atoms with Crippen molar-refractivity contribution in [3.8, 4) is 0 Å². The van der Waals surface area contributed by atoms with Crippen molar-refractivity contribution in [2.45, 2.75) is 58.4 Å². The minimum atomic E-state index is -0.182. The van der Waals surface area contributed by atoms with Crippen LogP contribution in [0.25, 0.3) is 0 Å². The summed E-state index contributed by atoms with van der Waals surface area (Å²) in [5, 5.41) is 0. The first-order valence-electron chi connectivity index (χ1n) is 11.4. The molecule has 0 radical (unpaired) electrons. The van der Waals surface area contributed by atoms with Crippen molar-refractivity contribution in [3.05, 3.63) is 60.1 Å². The highest BCUT2D eigenvalue weighted by Gasteiger charge is 2.28. The highest BCUT2D eigenvalue weighted by molar-refractivity contribution is 5.85. The topological polar surface area (TPSA) is 72.2 Å². The van der Waals surface area contributed by atoms with Gasteiger partial charge < -0.3 is 23.7 Å². The molecule has 0 unspecified atom stereocenters. The molecule has 0 aliphatic carbocycles. The summed E-state index contributed by atoms with van der Waals surface area (Å²) in [5.41, 5.74) is 1.01. The van der Waals surface area contributed by atoms with E-state index in [0.717, 1.165) is 31.4 Å². The molecular formula is C25H34N2O5. The summed E-state index contributed by atoms with van der Waals surface area (Å²) >= 11 is 0. The molecule has 7 nitrogen and oxygen atoms in total. The van der Waals surface area contributed by atoms with Crippen LogP contribution in [0.4, 0.5) is 0 Å². The van der Waals surface area contributed by atoms with Gasteiger partial charge in [-0.1, -0.05) is 37.3 Å². The standard InChI is InChI=1S/C25H34N2O5/c1-3-20(2)27(25(29)19-30-18-21-9-5-4-6-10-21)17-24(28)26(15-22-11-7-13-31-22)16-23-12-8-14-32-23/h4-7,9-11,13,20,23H,3,8,12,14-19H2,1-2H3/t20-,23-/m1/s1. The molecule has 1 aliphatic rings. The van der Waals surface area contributed by atoms with E-state index in [1.54, 1.807) is 16.1 Å². The molecular weight excluding hydrogens is 408 g/mol. The van der Waals surface area contributed by atoms with Crippen molar-refractivity contribution in [1.29, 1.82) is 0 Å². The number of carbonyl (C=O) groups excluding carboxylic acids is 2. The second-order valence-corrected chi connectivity index (χ2v) is 8.25. The van der Waals surface area contributed by atoms with E-state index in [2.05, 4.69) is 0 Å². The van der Waals surface area contributed by atoms with Crippen LogP contribution in [0.2, 0.25) is 0 Å². The summed E-state index contributed by atoms with van der Waals surface area (Å²) in [4.78, 5) is 29.6. The van der Waals surface area contributed by atoms with Crippen LogP contribution in [0.3, 0.4) is 0 Å². The van der Waals surface area contributed by atoms with Crippen LogP contribution in [0.1, 0.15) is 44.4 Å². The summed E-state index contributed by atoms with van der Waals surface area (Å²) in [6, 6.07) is 13.3. The Labute approximate surface area is 190 Å². The molecule has 1 fully saturated rings. The van der Waals surface area contributed by atoms with Crippen LogP contribution in [0.5, 0.6) is 0 Å². The number of hydrogen-bond donors (Lipinski definition) is 0. The Balaban J connectivity index is 1.61. The third-order valence-electron chi connectivity index (χ3n) is 5.81. The van der Waals surface area contributed by atoms with E-state index < -0.39 is 0 Å². The van der Waals surface area contributed by atoms with Gasteiger partial charge >= 0.3 is 0 Å². The van der Waals surface area contributed by atoms with Crippen molar-refractivity contribution in [2.75, 3.05) is 26.3 Å². The van der Waals surface area contributed by atoms with Gasteiger partial charge in [0.1, 0.15) is 18.9 Å². The maximum atomic E-state index is 13.3. The van der Waals surface area contributed by atoms with Gasteiger partial charge in [-0.05, 0) is 43.9 Å². The maximum Gasteiger partial charge on any atom is 0.249 e. The van der Waals surface area contributed by atoms with Crippen molar-refractivity contribution < 1.29 is 23.5 Å². The van der Waals surface area contributed by atoms with Gasteiger partial charge in [-0.25, -0.2) is 0 Å². The number of benzene rings is 1. The number of furan rings is 1. The quantitative estimate of drug-likeness (QED) is 0.502. The van der Waals surface area contributed by atoms with E-state index in [0.29, 0.717) is 25.5 Å². The van der Waals surface area contributed by atoms with Crippen LogP contribution in [0, 0.1) is 0 Å². The minimum absolute atomic E-state index is 0.00989. The Morgan fingerprint density at radius 3 is 2.62 bits per heavy atom. The van der Waals surface area contributed by atoms with Gasteiger partial charge in [0.15, 0.2) is 0 Å². The van der Waals surface area contributed by atoms with Crippen molar-refractivity contribution in [3.63, 3.8) is 0 Å². The van der Waals surface area contributed by atoms with E-state index in [4.69, 9.17) is 13.9 Å². The predicted molar refractivity (Wildman–Crippen MR) is 121 cm³/mol. The van der Waals surface area contributed by atoms with E-state index in [9.17, 15) is 9.59 Å². The van der Waals surface area contributed by atoms with Gasteiger partial charge in [0, 0.05) is 19.2 Å². The minimum Gasteiger partial charge on any atom is -0.467 e. The molecule has 32 heavy (non-hydrogen) atoms. The zero-order valence-corrected chi connectivity index (χ0v) is 19.1. The summed E-state index contributed by atoms with van der Waals surface area (Å²) in [6.45, 7) is 5.85. The number of carbonyl (C=O) groups is 2. The van der Waals surface area contributed by atoms with Crippen molar-refractivity contribution in [1.82, 2.24) is 9.80 Å². The van der Waals surface area contributed by atoms with Gasteiger partial charge in [0.25, 0.3) is 0 Å². The molecule has 2 amide bonds. The largest absolute Gasteiger partial charge is 0.467 e. The third kappa shape index (κ3) is 7.21. The van der Waals surface area contributed by atoms with Gasteiger partial charge in [0.05, 0.1) is 25.5 Å². The number of amides is 2. The third-order valence-corrected chi connectivity index (χ3v) is 5.81. The Kier molecular flexibility index (Phi) is 9.31. The predicted octanol–water partition coefficient (Wildman–Crippen LogP) is 3.63. The monoisotopic (exact) mass is 442 g/mol. The Hall–Kier alpha value is -2.64. The zero-order valence-electron chi connectivity index (χ0n) is 19.1. The van der Waals surface area contributed by atoms with Gasteiger partial charge in [0.2, 0.25) is 11.8 Å². The summed E-state index contributed by atoms with van der Waals surface area (Å²) in [5.74, 6) is 0.413. The highest BCUT2D eigenvalue weighted by atomic mass is 16.5. The molecule has 1 aromatic heterocycles. The molecule has 174 valence electrons.